The number of primary sulfonamides is 1. The number of urea groups is 1. The highest BCUT2D eigenvalue weighted by Gasteiger charge is 2.25. The first-order valence-electron chi connectivity index (χ1n) is 6.58. The molecule has 1 rings (SSSR count). The third-order valence-electron chi connectivity index (χ3n) is 3.21. The van der Waals surface area contributed by atoms with Gasteiger partial charge in [-0.3, -0.25) is 0 Å². The van der Waals surface area contributed by atoms with Crippen LogP contribution in [0.15, 0.2) is 29.2 Å². The number of hydrogen-bond donors (Lipinski definition) is 4. The summed E-state index contributed by atoms with van der Waals surface area (Å²) in [7, 11) is -3.80. The summed E-state index contributed by atoms with van der Waals surface area (Å²) in [5, 5.41) is 18.9. The van der Waals surface area contributed by atoms with Crippen molar-refractivity contribution in [2.45, 2.75) is 31.2 Å². The zero-order valence-electron chi connectivity index (χ0n) is 12.2. The molecule has 0 heterocycles. The molecule has 0 saturated carbocycles. The van der Waals surface area contributed by atoms with E-state index in [1.54, 1.807) is 6.92 Å². The minimum absolute atomic E-state index is 0.0820. The molecule has 0 saturated heterocycles. The fraction of sp³-hybridized carbons (Fsp3) is 0.385. The Balaban J connectivity index is 2.74. The van der Waals surface area contributed by atoms with Gasteiger partial charge in [0, 0.05) is 5.69 Å². The lowest BCUT2D eigenvalue weighted by molar-refractivity contribution is -0.140. The lowest BCUT2D eigenvalue weighted by Crippen LogP contribution is -2.46. The molecule has 0 aromatic heterocycles. The molecule has 1 aromatic carbocycles. The number of anilines is 1. The van der Waals surface area contributed by atoms with E-state index in [1.807, 2.05) is 6.92 Å². The summed E-state index contributed by atoms with van der Waals surface area (Å²) in [6, 6.07) is 3.52. The Kier molecular flexibility index (Phi) is 5.89. The first kappa shape index (κ1) is 17.9. The lowest BCUT2D eigenvalue weighted by atomic mass is 9.99. The second-order valence-electron chi connectivity index (χ2n) is 4.87. The van der Waals surface area contributed by atoms with E-state index >= 15 is 0 Å². The fourth-order valence-electron chi connectivity index (χ4n) is 1.72. The number of amides is 2. The minimum Gasteiger partial charge on any atom is -0.480 e. The molecule has 0 aliphatic carbocycles. The number of hydrogen-bond acceptors (Lipinski definition) is 4. The number of carbonyl (C=O) groups excluding carboxylic acids is 1. The third-order valence-corrected chi connectivity index (χ3v) is 4.14. The van der Waals surface area contributed by atoms with Crippen molar-refractivity contribution in [1.29, 1.82) is 0 Å². The number of carboxylic acid groups (broad SMARTS) is 1. The molecule has 0 bridgehead atoms. The second kappa shape index (κ2) is 7.23. The summed E-state index contributed by atoms with van der Waals surface area (Å²) in [4.78, 5) is 22.8. The van der Waals surface area contributed by atoms with E-state index in [1.165, 1.54) is 24.3 Å². The second-order valence-corrected chi connectivity index (χ2v) is 6.43. The Morgan fingerprint density at radius 2 is 1.82 bits per heavy atom. The van der Waals surface area contributed by atoms with Crippen molar-refractivity contribution in [3.63, 3.8) is 0 Å². The van der Waals surface area contributed by atoms with Gasteiger partial charge in [-0.05, 0) is 30.2 Å². The maximum Gasteiger partial charge on any atom is 0.326 e. The van der Waals surface area contributed by atoms with Gasteiger partial charge in [0.25, 0.3) is 0 Å². The minimum atomic E-state index is -3.80. The number of nitrogens with two attached hydrogens (primary N) is 1. The standard InChI is InChI=1S/C13H19N3O5S/c1-3-8(2)11(12(17)18)16-13(19)15-9-4-6-10(7-5-9)22(14,20)21/h4-8,11H,3H2,1-2H3,(H,17,18)(H2,14,20,21)(H2,15,16,19)/t8?,11-/m0/s1. The van der Waals surface area contributed by atoms with Crippen molar-refractivity contribution in [3.05, 3.63) is 24.3 Å². The van der Waals surface area contributed by atoms with E-state index < -0.39 is 28.1 Å². The molecule has 1 aromatic rings. The predicted molar refractivity (Wildman–Crippen MR) is 80.8 cm³/mol. The predicted octanol–water partition coefficient (Wildman–Crippen LogP) is 0.955. The van der Waals surface area contributed by atoms with Gasteiger partial charge in [0.1, 0.15) is 6.04 Å². The molecule has 9 heteroatoms. The molecule has 0 aliphatic rings. The molecular weight excluding hydrogens is 310 g/mol. The smallest absolute Gasteiger partial charge is 0.326 e. The van der Waals surface area contributed by atoms with Gasteiger partial charge in [0.05, 0.1) is 4.90 Å². The summed E-state index contributed by atoms with van der Waals surface area (Å²) in [6.45, 7) is 3.55. The fourth-order valence-corrected chi connectivity index (χ4v) is 2.23. The number of sulfonamides is 1. The molecular formula is C13H19N3O5S. The SMILES string of the molecule is CCC(C)[C@H](NC(=O)Nc1ccc(S(N)(=O)=O)cc1)C(=O)O. The number of aliphatic carboxylic acids is 1. The largest absolute Gasteiger partial charge is 0.480 e. The van der Waals surface area contributed by atoms with Crippen LogP contribution in [0.2, 0.25) is 0 Å². The molecule has 0 spiro atoms. The Bertz CT molecular complexity index is 642. The number of carboxylic acids is 1. The van der Waals surface area contributed by atoms with Crippen molar-refractivity contribution in [2.75, 3.05) is 5.32 Å². The van der Waals surface area contributed by atoms with Crippen molar-refractivity contribution in [3.8, 4) is 0 Å². The van der Waals surface area contributed by atoms with E-state index in [-0.39, 0.29) is 10.8 Å². The Morgan fingerprint density at radius 3 is 2.23 bits per heavy atom. The van der Waals surface area contributed by atoms with Gasteiger partial charge in [0.2, 0.25) is 10.0 Å². The van der Waals surface area contributed by atoms with Crippen molar-refractivity contribution < 1.29 is 23.1 Å². The third kappa shape index (κ3) is 5.01. The van der Waals surface area contributed by atoms with Crippen LogP contribution in [-0.4, -0.2) is 31.6 Å². The summed E-state index contributed by atoms with van der Waals surface area (Å²) in [5.74, 6) is -1.35. The van der Waals surface area contributed by atoms with Crippen molar-refractivity contribution >= 4 is 27.7 Å². The van der Waals surface area contributed by atoms with Gasteiger partial charge in [0.15, 0.2) is 0 Å². The maximum absolute atomic E-state index is 11.8. The lowest BCUT2D eigenvalue weighted by Gasteiger charge is -2.20. The summed E-state index contributed by atoms with van der Waals surface area (Å²) in [5.41, 5.74) is 0.318. The quantitative estimate of drug-likeness (QED) is 0.615. The van der Waals surface area contributed by atoms with Gasteiger partial charge in [-0.1, -0.05) is 20.3 Å². The molecule has 8 nitrogen and oxygen atoms in total. The Hall–Kier alpha value is -2.13. The molecule has 0 radical (unpaired) electrons. The number of benzene rings is 1. The molecule has 0 aliphatic heterocycles. The van der Waals surface area contributed by atoms with Crippen LogP contribution < -0.4 is 15.8 Å². The van der Waals surface area contributed by atoms with Gasteiger partial charge < -0.3 is 15.7 Å². The number of carbonyl (C=O) groups is 2. The van der Waals surface area contributed by atoms with Crippen LogP contribution in [0.1, 0.15) is 20.3 Å². The van der Waals surface area contributed by atoms with Crippen LogP contribution in [0.4, 0.5) is 10.5 Å². The van der Waals surface area contributed by atoms with Crippen LogP contribution >= 0.6 is 0 Å². The first-order chi connectivity index (χ1) is 10.1. The van der Waals surface area contributed by atoms with Crippen LogP contribution in [0.5, 0.6) is 0 Å². The van der Waals surface area contributed by atoms with E-state index in [0.717, 1.165) is 0 Å². The zero-order valence-corrected chi connectivity index (χ0v) is 13.1. The monoisotopic (exact) mass is 329 g/mol. The molecule has 122 valence electrons. The normalized spacial score (nSPS) is 14.0. The van der Waals surface area contributed by atoms with Crippen LogP contribution in [0.25, 0.3) is 0 Å². The average Bonchev–Trinajstić information content (AvgIpc) is 2.43. The van der Waals surface area contributed by atoms with E-state index in [0.29, 0.717) is 12.1 Å². The highest BCUT2D eigenvalue weighted by molar-refractivity contribution is 7.89. The highest BCUT2D eigenvalue weighted by atomic mass is 32.2. The average molecular weight is 329 g/mol. The number of nitrogens with one attached hydrogen (secondary N) is 2. The molecule has 0 fully saturated rings. The topological polar surface area (TPSA) is 139 Å². The van der Waals surface area contributed by atoms with Crippen LogP contribution in [0, 0.1) is 5.92 Å². The summed E-state index contributed by atoms with van der Waals surface area (Å²) in [6.07, 6.45) is 0.598. The molecule has 5 N–H and O–H groups in total. The van der Waals surface area contributed by atoms with Gasteiger partial charge >= 0.3 is 12.0 Å². The van der Waals surface area contributed by atoms with E-state index in [2.05, 4.69) is 10.6 Å². The molecule has 2 amide bonds. The van der Waals surface area contributed by atoms with E-state index in [9.17, 15) is 18.0 Å². The molecule has 22 heavy (non-hydrogen) atoms. The molecule has 2 atom stereocenters. The van der Waals surface area contributed by atoms with Gasteiger partial charge in [-0.25, -0.2) is 23.1 Å². The van der Waals surface area contributed by atoms with Crippen molar-refractivity contribution in [1.82, 2.24) is 5.32 Å². The zero-order chi connectivity index (χ0) is 16.9. The summed E-state index contributed by atoms with van der Waals surface area (Å²) >= 11 is 0. The van der Waals surface area contributed by atoms with Crippen LogP contribution in [0.3, 0.4) is 0 Å². The van der Waals surface area contributed by atoms with Gasteiger partial charge in [-0.15, -0.1) is 0 Å². The Labute approximate surface area is 128 Å². The van der Waals surface area contributed by atoms with Crippen molar-refractivity contribution in [2.24, 2.45) is 11.1 Å². The Morgan fingerprint density at radius 1 is 1.27 bits per heavy atom. The van der Waals surface area contributed by atoms with Crippen LogP contribution in [-0.2, 0) is 14.8 Å². The number of rotatable bonds is 6. The maximum atomic E-state index is 11.8. The highest BCUT2D eigenvalue weighted by Crippen LogP contribution is 2.13. The first-order valence-corrected chi connectivity index (χ1v) is 8.13. The molecule has 1 unspecified atom stereocenters. The van der Waals surface area contributed by atoms with E-state index in [4.69, 9.17) is 10.2 Å². The van der Waals surface area contributed by atoms with Gasteiger partial charge in [-0.2, -0.15) is 0 Å². The summed E-state index contributed by atoms with van der Waals surface area (Å²) < 4.78 is 22.2.